The molecule has 0 atom stereocenters. The van der Waals surface area contributed by atoms with Gasteiger partial charge >= 0.3 is 0 Å². The molecule has 7 heteroatoms. The zero-order valence-corrected chi connectivity index (χ0v) is 17.4. The summed E-state index contributed by atoms with van der Waals surface area (Å²) in [6, 6.07) is 12.3. The van der Waals surface area contributed by atoms with Crippen molar-refractivity contribution in [2.75, 3.05) is 11.9 Å². The molecule has 2 rings (SSSR count). The lowest BCUT2D eigenvalue weighted by Crippen LogP contribution is -2.13. The van der Waals surface area contributed by atoms with Gasteiger partial charge < -0.3 is 10.1 Å². The van der Waals surface area contributed by atoms with Crippen molar-refractivity contribution in [1.82, 2.24) is 0 Å². The molecule has 0 aliphatic heterocycles. The van der Waals surface area contributed by atoms with Gasteiger partial charge in [0.1, 0.15) is 18.2 Å². The van der Waals surface area contributed by atoms with E-state index < -0.39 is 5.91 Å². The van der Waals surface area contributed by atoms with Gasteiger partial charge in [-0.25, -0.2) is 0 Å². The molecule has 0 aromatic heterocycles. The molecular formula is C19H13Br2ClN2O2. The molecule has 0 spiro atoms. The fourth-order valence-corrected chi connectivity index (χ4v) is 3.41. The van der Waals surface area contributed by atoms with Crippen LogP contribution in [0.1, 0.15) is 5.56 Å². The van der Waals surface area contributed by atoms with Crippen LogP contribution in [0.25, 0.3) is 6.08 Å². The van der Waals surface area contributed by atoms with E-state index in [-0.39, 0.29) is 5.57 Å². The molecule has 0 fully saturated rings. The first-order chi connectivity index (χ1) is 12.4. The van der Waals surface area contributed by atoms with Crippen LogP contribution in [0.15, 0.2) is 63.6 Å². The van der Waals surface area contributed by atoms with Crippen LogP contribution >= 0.6 is 43.5 Å². The number of rotatable bonds is 6. The van der Waals surface area contributed by atoms with Crippen molar-refractivity contribution in [3.63, 3.8) is 0 Å². The number of ether oxygens (including phenoxy) is 1. The minimum Gasteiger partial charge on any atom is -0.487 e. The molecule has 2 aromatic carbocycles. The summed E-state index contributed by atoms with van der Waals surface area (Å²) in [7, 11) is 0. The van der Waals surface area contributed by atoms with Gasteiger partial charge in [0.25, 0.3) is 5.91 Å². The molecule has 0 radical (unpaired) electrons. The first-order valence-electron chi connectivity index (χ1n) is 7.36. The van der Waals surface area contributed by atoms with Crippen molar-refractivity contribution < 1.29 is 9.53 Å². The molecule has 2 aromatic rings. The largest absolute Gasteiger partial charge is 0.487 e. The molecule has 0 aliphatic rings. The van der Waals surface area contributed by atoms with E-state index in [0.29, 0.717) is 33.1 Å². The number of hydrogen-bond donors (Lipinski definition) is 1. The zero-order valence-electron chi connectivity index (χ0n) is 13.4. The van der Waals surface area contributed by atoms with Gasteiger partial charge in [-0.2, -0.15) is 5.26 Å². The second-order valence-corrected chi connectivity index (χ2v) is 7.22. The highest BCUT2D eigenvalue weighted by atomic mass is 79.9. The van der Waals surface area contributed by atoms with Crippen LogP contribution < -0.4 is 10.1 Å². The predicted octanol–water partition coefficient (Wildman–Crippen LogP) is 5.98. The van der Waals surface area contributed by atoms with E-state index in [4.69, 9.17) is 16.3 Å². The fourth-order valence-electron chi connectivity index (χ4n) is 2.02. The van der Waals surface area contributed by atoms with Crippen molar-refractivity contribution in [2.45, 2.75) is 0 Å². The number of hydrogen-bond acceptors (Lipinski definition) is 3. The topological polar surface area (TPSA) is 62.1 Å². The van der Waals surface area contributed by atoms with Crippen molar-refractivity contribution in [2.24, 2.45) is 0 Å². The number of amides is 1. The summed E-state index contributed by atoms with van der Waals surface area (Å²) in [5, 5.41) is 12.4. The van der Waals surface area contributed by atoms with Crippen LogP contribution in [0, 0.1) is 11.3 Å². The maximum absolute atomic E-state index is 12.3. The molecular weight excluding hydrogens is 483 g/mol. The van der Waals surface area contributed by atoms with E-state index in [1.807, 2.05) is 12.1 Å². The van der Waals surface area contributed by atoms with Gasteiger partial charge in [0.15, 0.2) is 5.75 Å². The van der Waals surface area contributed by atoms with Gasteiger partial charge in [-0.05, 0) is 57.9 Å². The van der Waals surface area contributed by atoms with Crippen LogP contribution in [-0.2, 0) is 4.79 Å². The number of carbonyl (C=O) groups excluding carboxylic acids is 1. The van der Waals surface area contributed by atoms with Gasteiger partial charge in [-0.15, -0.1) is 0 Å². The van der Waals surface area contributed by atoms with E-state index in [9.17, 15) is 10.1 Å². The van der Waals surface area contributed by atoms with Crippen LogP contribution in [0.4, 0.5) is 5.69 Å². The van der Waals surface area contributed by atoms with E-state index in [2.05, 4.69) is 43.8 Å². The minimum absolute atomic E-state index is 0.0484. The third-order valence-corrected chi connectivity index (χ3v) is 4.49. The third kappa shape index (κ3) is 5.46. The zero-order chi connectivity index (χ0) is 19.1. The predicted molar refractivity (Wildman–Crippen MR) is 111 cm³/mol. The lowest BCUT2D eigenvalue weighted by Gasteiger charge is -2.10. The van der Waals surface area contributed by atoms with E-state index in [0.717, 1.165) is 4.47 Å². The summed E-state index contributed by atoms with van der Waals surface area (Å²) in [5.41, 5.74) is 1.12. The lowest BCUT2D eigenvalue weighted by atomic mass is 10.1. The van der Waals surface area contributed by atoms with Crippen molar-refractivity contribution in [3.8, 4) is 11.8 Å². The third-order valence-electron chi connectivity index (χ3n) is 3.12. The highest BCUT2D eigenvalue weighted by Gasteiger charge is 2.12. The number of halogens is 3. The molecule has 4 nitrogen and oxygen atoms in total. The lowest BCUT2D eigenvalue weighted by molar-refractivity contribution is -0.112. The van der Waals surface area contributed by atoms with Gasteiger partial charge in [0, 0.05) is 10.2 Å². The molecule has 0 saturated carbocycles. The summed E-state index contributed by atoms with van der Waals surface area (Å²) in [6.07, 6.45) is 3.07. The highest BCUT2D eigenvalue weighted by Crippen LogP contribution is 2.35. The first kappa shape index (κ1) is 20.2. The normalized spacial score (nSPS) is 10.8. The fraction of sp³-hybridized carbons (Fsp3) is 0.0526. The van der Waals surface area contributed by atoms with Crippen molar-refractivity contribution >= 4 is 61.1 Å². The summed E-state index contributed by atoms with van der Waals surface area (Å²) < 4.78 is 6.91. The average molecular weight is 497 g/mol. The Labute approximate surface area is 173 Å². The highest BCUT2D eigenvalue weighted by molar-refractivity contribution is 9.10. The molecule has 1 N–H and O–H groups in total. The molecule has 1 amide bonds. The van der Waals surface area contributed by atoms with Gasteiger partial charge in [-0.3, -0.25) is 4.79 Å². The average Bonchev–Trinajstić information content (AvgIpc) is 2.59. The molecule has 0 aliphatic carbocycles. The quantitative estimate of drug-likeness (QED) is 0.304. The molecule has 26 heavy (non-hydrogen) atoms. The molecule has 0 heterocycles. The van der Waals surface area contributed by atoms with Crippen LogP contribution in [-0.4, -0.2) is 12.5 Å². The smallest absolute Gasteiger partial charge is 0.266 e. The maximum atomic E-state index is 12.3. The maximum Gasteiger partial charge on any atom is 0.266 e. The van der Waals surface area contributed by atoms with E-state index in [1.165, 1.54) is 6.08 Å². The number of anilines is 1. The van der Waals surface area contributed by atoms with Gasteiger partial charge in [0.2, 0.25) is 0 Å². The van der Waals surface area contributed by atoms with Crippen LogP contribution in [0.2, 0.25) is 5.02 Å². The second kappa shape index (κ2) is 9.58. The Hall–Kier alpha value is -2.07. The Kier molecular flexibility index (Phi) is 7.46. The molecule has 0 bridgehead atoms. The number of carbonyl (C=O) groups is 1. The Bertz CT molecular complexity index is 897. The Morgan fingerprint density at radius 3 is 2.73 bits per heavy atom. The summed E-state index contributed by atoms with van der Waals surface area (Å²) in [5.74, 6) is -0.0364. The molecule has 0 saturated heterocycles. The molecule has 132 valence electrons. The number of benzene rings is 2. The van der Waals surface area contributed by atoms with Crippen molar-refractivity contribution in [1.29, 1.82) is 5.26 Å². The van der Waals surface area contributed by atoms with Gasteiger partial charge in [0.05, 0.1) is 9.50 Å². The second-order valence-electron chi connectivity index (χ2n) is 5.05. The SMILES string of the molecule is C=CCOc1c(Cl)cc(/C=C(/C#N)C(=O)Nc2cccc(Br)c2)cc1Br. The Morgan fingerprint density at radius 1 is 1.35 bits per heavy atom. The van der Waals surface area contributed by atoms with E-state index >= 15 is 0 Å². The monoisotopic (exact) mass is 494 g/mol. The number of nitrogens with zero attached hydrogens (tertiary/aromatic N) is 1. The van der Waals surface area contributed by atoms with Crippen LogP contribution in [0.5, 0.6) is 5.75 Å². The Balaban J connectivity index is 2.26. The van der Waals surface area contributed by atoms with E-state index in [1.54, 1.807) is 36.4 Å². The summed E-state index contributed by atoms with van der Waals surface area (Å²) in [6.45, 7) is 3.90. The summed E-state index contributed by atoms with van der Waals surface area (Å²) in [4.78, 5) is 12.3. The number of nitriles is 1. The standard InChI is InChI=1S/C19H13Br2ClN2O2/c1-2-6-26-18-16(21)8-12(9-17(18)22)7-13(11-23)19(25)24-15-5-3-4-14(20)10-15/h2-5,7-10H,1,6H2,(H,24,25)/b13-7-. The Morgan fingerprint density at radius 2 is 2.12 bits per heavy atom. The molecule has 0 unspecified atom stereocenters. The first-order valence-corrected chi connectivity index (χ1v) is 9.32. The number of nitrogens with one attached hydrogen (secondary N) is 1. The minimum atomic E-state index is -0.509. The van der Waals surface area contributed by atoms with Crippen molar-refractivity contribution in [3.05, 3.63) is 74.2 Å². The summed E-state index contributed by atoms with van der Waals surface area (Å²) >= 11 is 12.9. The van der Waals surface area contributed by atoms with Crippen LogP contribution in [0.3, 0.4) is 0 Å². The van der Waals surface area contributed by atoms with Gasteiger partial charge in [-0.1, -0.05) is 46.3 Å².